The fraction of sp³-hybridized carbons (Fsp3) is 0.0714. The van der Waals surface area contributed by atoms with E-state index in [1.165, 1.54) is 0 Å². The minimum Gasteiger partial charge on any atom is -0.455 e. The van der Waals surface area contributed by atoms with E-state index in [2.05, 4.69) is 10.3 Å². The van der Waals surface area contributed by atoms with Crippen molar-refractivity contribution in [2.75, 3.05) is 5.32 Å². The van der Waals surface area contributed by atoms with Gasteiger partial charge in [-0.25, -0.2) is 4.98 Å². The molecule has 0 aliphatic carbocycles. The first-order valence-corrected chi connectivity index (χ1v) is 5.66. The standard InChI is InChI=1S/C14H12N2O2/c1-2-7-15-13(6-1)16-12-5-3-4-11(10-12)14-17-8-9-18-14/h1-10,14H,(H,15,16). The van der Waals surface area contributed by atoms with Gasteiger partial charge in [-0.05, 0) is 24.3 Å². The van der Waals surface area contributed by atoms with Gasteiger partial charge in [0.2, 0.25) is 0 Å². The molecule has 1 aromatic heterocycles. The normalized spacial score (nSPS) is 14.0. The van der Waals surface area contributed by atoms with Gasteiger partial charge < -0.3 is 14.8 Å². The lowest BCUT2D eigenvalue weighted by Gasteiger charge is -2.12. The van der Waals surface area contributed by atoms with Crippen LogP contribution in [0.1, 0.15) is 11.9 Å². The van der Waals surface area contributed by atoms with Crippen molar-refractivity contribution < 1.29 is 9.47 Å². The van der Waals surface area contributed by atoms with Crippen LogP contribution in [0.2, 0.25) is 0 Å². The number of hydrogen-bond donors (Lipinski definition) is 1. The number of ether oxygens (including phenoxy) is 2. The van der Waals surface area contributed by atoms with E-state index in [0.717, 1.165) is 17.1 Å². The van der Waals surface area contributed by atoms with Gasteiger partial charge in [0.15, 0.2) is 0 Å². The number of aromatic nitrogens is 1. The van der Waals surface area contributed by atoms with Crippen molar-refractivity contribution in [1.29, 1.82) is 0 Å². The van der Waals surface area contributed by atoms with Crippen LogP contribution in [0.15, 0.2) is 61.2 Å². The number of pyridine rings is 1. The highest BCUT2D eigenvalue weighted by Crippen LogP contribution is 2.26. The summed E-state index contributed by atoms with van der Waals surface area (Å²) in [5.41, 5.74) is 1.91. The lowest BCUT2D eigenvalue weighted by Crippen LogP contribution is -1.99. The summed E-state index contributed by atoms with van der Waals surface area (Å²) < 4.78 is 10.6. The maximum Gasteiger partial charge on any atom is 0.266 e. The minimum atomic E-state index is -0.351. The van der Waals surface area contributed by atoms with E-state index >= 15 is 0 Å². The first-order valence-electron chi connectivity index (χ1n) is 5.66. The van der Waals surface area contributed by atoms with Gasteiger partial charge >= 0.3 is 0 Å². The van der Waals surface area contributed by atoms with Crippen LogP contribution in [0.4, 0.5) is 11.5 Å². The van der Waals surface area contributed by atoms with Gasteiger partial charge in [0.05, 0.1) is 0 Å². The molecule has 0 saturated heterocycles. The Morgan fingerprint density at radius 2 is 1.89 bits per heavy atom. The van der Waals surface area contributed by atoms with Crippen LogP contribution in [0.3, 0.4) is 0 Å². The maximum atomic E-state index is 5.30. The Balaban J connectivity index is 1.79. The molecule has 0 unspecified atom stereocenters. The highest BCUT2D eigenvalue weighted by atomic mass is 16.7. The Morgan fingerprint density at radius 1 is 1.00 bits per heavy atom. The molecule has 0 fully saturated rings. The summed E-state index contributed by atoms with van der Waals surface area (Å²) in [4.78, 5) is 4.22. The Kier molecular flexibility index (Phi) is 2.84. The average molecular weight is 240 g/mol. The third kappa shape index (κ3) is 2.27. The van der Waals surface area contributed by atoms with Crippen molar-refractivity contribution in [1.82, 2.24) is 4.98 Å². The quantitative estimate of drug-likeness (QED) is 0.893. The SMILES string of the molecule is C1=COC(c2cccc(Nc3ccccn3)c2)O1. The minimum absolute atomic E-state index is 0.351. The summed E-state index contributed by atoms with van der Waals surface area (Å²) in [5, 5.41) is 3.23. The Morgan fingerprint density at radius 3 is 2.67 bits per heavy atom. The number of benzene rings is 1. The van der Waals surface area contributed by atoms with Crippen LogP contribution in [-0.4, -0.2) is 4.98 Å². The van der Waals surface area contributed by atoms with Gasteiger partial charge in [-0.2, -0.15) is 0 Å². The zero-order valence-corrected chi connectivity index (χ0v) is 9.61. The summed E-state index contributed by atoms with van der Waals surface area (Å²) in [6, 6.07) is 13.6. The Hall–Kier alpha value is -2.49. The molecule has 0 saturated carbocycles. The van der Waals surface area contributed by atoms with Crippen molar-refractivity contribution in [2.45, 2.75) is 6.29 Å². The molecule has 1 aliphatic rings. The molecular formula is C14H12N2O2. The van der Waals surface area contributed by atoms with Crippen molar-refractivity contribution >= 4 is 11.5 Å². The van der Waals surface area contributed by atoms with E-state index in [4.69, 9.17) is 9.47 Å². The fourth-order valence-electron chi connectivity index (χ4n) is 1.74. The van der Waals surface area contributed by atoms with Crippen molar-refractivity contribution in [3.8, 4) is 0 Å². The van der Waals surface area contributed by atoms with Gasteiger partial charge in [0.25, 0.3) is 6.29 Å². The first-order chi connectivity index (χ1) is 8.92. The van der Waals surface area contributed by atoms with Crippen LogP contribution >= 0.6 is 0 Å². The molecule has 4 heteroatoms. The van der Waals surface area contributed by atoms with E-state index in [9.17, 15) is 0 Å². The number of hydrogen-bond acceptors (Lipinski definition) is 4. The molecule has 0 spiro atoms. The molecule has 0 atom stereocenters. The smallest absolute Gasteiger partial charge is 0.266 e. The summed E-state index contributed by atoms with van der Waals surface area (Å²) in [6.45, 7) is 0. The van der Waals surface area contributed by atoms with Crippen molar-refractivity contribution in [3.63, 3.8) is 0 Å². The molecule has 1 N–H and O–H groups in total. The van der Waals surface area contributed by atoms with E-state index in [1.54, 1.807) is 18.7 Å². The van der Waals surface area contributed by atoms with Crippen LogP contribution in [0.25, 0.3) is 0 Å². The topological polar surface area (TPSA) is 43.4 Å². The number of rotatable bonds is 3. The largest absolute Gasteiger partial charge is 0.455 e. The summed E-state index contributed by atoms with van der Waals surface area (Å²) in [7, 11) is 0. The maximum absolute atomic E-state index is 5.30. The van der Waals surface area contributed by atoms with Crippen molar-refractivity contribution in [2.24, 2.45) is 0 Å². The third-order valence-corrected chi connectivity index (χ3v) is 2.56. The van der Waals surface area contributed by atoms with E-state index in [0.29, 0.717) is 0 Å². The predicted molar refractivity (Wildman–Crippen MR) is 68.0 cm³/mol. The van der Waals surface area contributed by atoms with Crippen LogP contribution in [0, 0.1) is 0 Å². The molecule has 3 rings (SSSR count). The second kappa shape index (κ2) is 4.79. The predicted octanol–water partition coefficient (Wildman–Crippen LogP) is 3.34. The van der Waals surface area contributed by atoms with Crippen LogP contribution < -0.4 is 5.32 Å². The van der Waals surface area contributed by atoms with Gasteiger partial charge in [0, 0.05) is 17.4 Å². The number of nitrogens with one attached hydrogen (secondary N) is 1. The molecule has 0 bridgehead atoms. The van der Waals surface area contributed by atoms with Gasteiger partial charge in [0.1, 0.15) is 18.3 Å². The Bertz CT molecular complexity index is 547. The zero-order valence-electron chi connectivity index (χ0n) is 9.61. The molecule has 2 aromatic rings. The Labute approximate surface area is 105 Å². The number of nitrogens with zero attached hydrogens (tertiary/aromatic N) is 1. The number of anilines is 2. The lowest BCUT2D eigenvalue weighted by molar-refractivity contribution is -0.0245. The molecular weight excluding hydrogens is 228 g/mol. The monoisotopic (exact) mass is 240 g/mol. The van der Waals surface area contributed by atoms with Gasteiger partial charge in [-0.3, -0.25) is 0 Å². The van der Waals surface area contributed by atoms with Gasteiger partial charge in [-0.15, -0.1) is 0 Å². The second-order valence-corrected chi connectivity index (χ2v) is 3.84. The van der Waals surface area contributed by atoms with Crippen LogP contribution in [-0.2, 0) is 9.47 Å². The summed E-state index contributed by atoms with van der Waals surface area (Å²) >= 11 is 0. The average Bonchev–Trinajstić information content (AvgIpc) is 2.94. The first kappa shape index (κ1) is 10.7. The highest BCUT2D eigenvalue weighted by molar-refractivity contribution is 5.56. The fourth-order valence-corrected chi connectivity index (χ4v) is 1.74. The van der Waals surface area contributed by atoms with E-state index < -0.39 is 0 Å². The molecule has 1 aliphatic heterocycles. The van der Waals surface area contributed by atoms with Crippen LogP contribution in [0.5, 0.6) is 0 Å². The van der Waals surface area contributed by atoms with Crippen molar-refractivity contribution in [3.05, 3.63) is 66.7 Å². The summed E-state index contributed by atoms with van der Waals surface area (Å²) in [5.74, 6) is 0.807. The molecule has 2 heterocycles. The van der Waals surface area contributed by atoms with E-state index in [1.807, 2.05) is 42.5 Å². The molecule has 1 aromatic carbocycles. The van der Waals surface area contributed by atoms with Gasteiger partial charge in [-0.1, -0.05) is 18.2 Å². The molecule has 90 valence electrons. The zero-order chi connectivity index (χ0) is 12.2. The second-order valence-electron chi connectivity index (χ2n) is 3.84. The van der Waals surface area contributed by atoms with E-state index in [-0.39, 0.29) is 6.29 Å². The molecule has 4 nitrogen and oxygen atoms in total. The third-order valence-electron chi connectivity index (χ3n) is 2.56. The molecule has 18 heavy (non-hydrogen) atoms. The highest BCUT2D eigenvalue weighted by Gasteiger charge is 2.15. The molecule has 0 radical (unpaired) electrons. The summed E-state index contributed by atoms with van der Waals surface area (Å²) in [6.07, 6.45) is 4.49. The lowest BCUT2D eigenvalue weighted by atomic mass is 10.2. The molecule has 0 amide bonds.